The van der Waals surface area contributed by atoms with Crippen LogP contribution in [0.3, 0.4) is 0 Å². The Bertz CT molecular complexity index is 4350. The second kappa shape index (κ2) is 30.0. The Kier molecular flexibility index (Phi) is 21.5. The largest absolute Gasteiger partial charge is 0.492 e. The molecule has 0 radical (unpaired) electrons. The van der Waals surface area contributed by atoms with Gasteiger partial charge in [-0.05, 0) is 180 Å². The highest BCUT2D eigenvalue weighted by Crippen LogP contribution is 2.47. The molecule has 15 heteroatoms. The number of anilines is 2. The Labute approximate surface area is 596 Å². The molecule has 14 rings (SSSR count). The van der Waals surface area contributed by atoms with Gasteiger partial charge in [0, 0.05) is 81.2 Å². The Hall–Kier alpha value is -10.0. The van der Waals surface area contributed by atoms with Gasteiger partial charge < -0.3 is 52.6 Å². The van der Waals surface area contributed by atoms with Crippen LogP contribution < -0.4 is 47.7 Å². The van der Waals surface area contributed by atoms with Gasteiger partial charge in [0.2, 0.25) is 17.7 Å². The van der Waals surface area contributed by atoms with Gasteiger partial charge in [-0.15, -0.1) is 0 Å². The van der Waals surface area contributed by atoms with E-state index in [1.165, 1.54) is 18.2 Å². The molecule has 3 fully saturated rings. The van der Waals surface area contributed by atoms with E-state index in [1.807, 2.05) is 186 Å². The molecule has 528 valence electrons. The van der Waals surface area contributed by atoms with Crippen molar-refractivity contribution in [3.05, 3.63) is 212 Å². The van der Waals surface area contributed by atoms with Crippen LogP contribution in [0.15, 0.2) is 146 Å². The molecule has 0 spiro atoms. The minimum atomic E-state index is -0.390. The van der Waals surface area contributed by atoms with Crippen molar-refractivity contribution < 1.29 is 57.1 Å². The van der Waals surface area contributed by atoms with Gasteiger partial charge in [-0.1, -0.05) is 126 Å². The van der Waals surface area contributed by atoms with E-state index in [-0.39, 0.29) is 57.9 Å². The molecule has 0 aromatic heterocycles. The van der Waals surface area contributed by atoms with Crippen molar-refractivity contribution in [3.8, 4) is 46.0 Å². The van der Waals surface area contributed by atoms with Crippen molar-refractivity contribution in [2.75, 3.05) is 38.2 Å². The number of benzene rings is 7. The number of nitrogens with zero attached hydrogens (tertiary/aromatic N) is 3. The Morgan fingerprint density at radius 2 is 0.762 bits per heavy atom. The van der Waals surface area contributed by atoms with Crippen LogP contribution in [0.4, 0.5) is 11.4 Å². The van der Waals surface area contributed by atoms with Crippen LogP contribution in [0.1, 0.15) is 165 Å². The molecule has 7 aromatic carbocycles. The van der Waals surface area contributed by atoms with Gasteiger partial charge in [0.1, 0.15) is 22.4 Å². The van der Waals surface area contributed by atoms with Gasteiger partial charge in [-0.2, -0.15) is 0 Å². The second-order valence-electron chi connectivity index (χ2n) is 29.4. The molecule has 0 saturated heterocycles. The lowest BCUT2D eigenvalue weighted by atomic mass is 9.99. The number of carbonyl (C=O) groups excluding carboxylic acids is 4. The zero-order valence-corrected chi connectivity index (χ0v) is 61.3. The summed E-state index contributed by atoms with van der Waals surface area (Å²) in [6.45, 7) is 24.3. The van der Waals surface area contributed by atoms with E-state index >= 15 is 0 Å². The Balaban J connectivity index is 0.000000138. The predicted octanol–water partition coefficient (Wildman–Crippen LogP) is 18.1. The standard InChI is InChI=1S/C25H29NO3.2C24H27NO3.C13H14O3/c1-17-5-7-18(8-6-17)15-26(24(27)20-10-11-20)16-21-12-9-19-13-14-25(2,3)29-23(19)22(21)28-4;1-16-5-11-20(12-6-16)25(23(26)18-8-9-18)15-19-10-7-17-13-14-24(2,3)28-22(17)21(19)27-4;1-16-6-5-7-20(14-16)25(23(26)18-9-10-18)15-19-11-8-17-12-13-24(2,3)28-22(17)21(19)27-4;1-13(2)7-6-9-4-5-10(8-14)11(15-3)12(9)16-13/h5-9,12-14,20H,10-11,15-16H2,1-4H3;5-7,10-14,18H,8-9,15H2,1-4H3;5-8,11-14,18H,9-10,15H2,1-4H3;4-8H,1-3H3. The third kappa shape index (κ3) is 17.6. The first-order valence-corrected chi connectivity index (χ1v) is 35.1. The Morgan fingerprint density at radius 1 is 0.406 bits per heavy atom. The van der Waals surface area contributed by atoms with E-state index in [4.69, 9.17) is 37.9 Å². The van der Waals surface area contributed by atoms with Gasteiger partial charge in [0.15, 0.2) is 52.3 Å². The molecule has 4 heterocycles. The van der Waals surface area contributed by atoms with E-state index in [2.05, 4.69) is 68.5 Å². The fraction of sp³-hybridized carbons (Fsp3) is 0.372. The van der Waals surface area contributed by atoms with Crippen molar-refractivity contribution in [3.63, 3.8) is 0 Å². The van der Waals surface area contributed by atoms with Crippen LogP contribution in [-0.2, 0) is 40.6 Å². The van der Waals surface area contributed by atoms with Crippen LogP contribution in [0.25, 0.3) is 24.3 Å². The highest BCUT2D eigenvalue weighted by Gasteiger charge is 2.39. The molecule has 3 amide bonds. The fourth-order valence-corrected chi connectivity index (χ4v) is 12.6. The molecule has 3 saturated carbocycles. The lowest BCUT2D eigenvalue weighted by molar-refractivity contribution is -0.133. The number of amides is 3. The minimum Gasteiger partial charge on any atom is -0.492 e. The van der Waals surface area contributed by atoms with Crippen LogP contribution in [-0.4, -0.2) is 79.8 Å². The van der Waals surface area contributed by atoms with E-state index in [1.54, 1.807) is 27.4 Å². The van der Waals surface area contributed by atoms with Gasteiger partial charge in [0.25, 0.3) is 0 Å². The number of fused-ring (bicyclic) bond motifs is 4. The van der Waals surface area contributed by atoms with Crippen LogP contribution in [0.5, 0.6) is 46.0 Å². The number of aryl methyl sites for hydroxylation is 3. The highest BCUT2D eigenvalue weighted by molar-refractivity contribution is 5.97. The summed E-state index contributed by atoms with van der Waals surface area (Å²) in [6.07, 6.45) is 23.0. The molecule has 7 aromatic rings. The number of carbonyl (C=O) groups is 4. The molecule has 15 nitrogen and oxygen atoms in total. The van der Waals surface area contributed by atoms with E-state index in [0.717, 1.165) is 129 Å². The van der Waals surface area contributed by atoms with Crippen molar-refractivity contribution in [2.45, 2.75) is 163 Å². The summed E-state index contributed by atoms with van der Waals surface area (Å²) >= 11 is 0. The first-order valence-electron chi connectivity index (χ1n) is 35.1. The highest BCUT2D eigenvalue weighted by atomic mass is 16.5. The van der Waals surface area contributed by atoms with Gasteiger partial charge in [-0.3, -0.25) is 19.2 Å². The molecule has 7 aliphatic rings. The van der Waals surface area contributed by atoms with Crippen molar-refractivity contribution in [2.24, 2.45) is 17.8 Å². The van der Waals surface area contributed by atoms with Crippen molar-refractivity contribution >= 4 is 59.7 Å². The molecular formula is C86H97N3O12. The minimum absolute atomic E-state index is 0.141. The second-order valence-corrected chi connectivity index (χ2v) is 29.4. The van der Waals surface area contributed by atoms with Gasteiger partial charge >= 0.3 is 0 Å². The maximum absolute atomic E-state index is 13.1. The van der Waals surface area contributed by atoms with Crippen molar-refractivity contribution in [1.29, 1.82) is 0 Å². The maximum atomic E-state index is 13.1. The summed E-state index contributed by atoms with van der Waals surface area (Å²) in [5.41, 5.74) is 12.3. The van der Waals surface area contributed by atoms with E-state index < -0.39 is 0 Å². The third-order valence-electron chi connectivity index (χ3n) is 18.7. The summed E-state index contributed by atoms with van der Waals surface area (Å²) < 4.78 is 46.9. The zero-order valence-electron chi connectivity index (χ0n) is 61.3. The van der Waals surface area contributed by atoms with Crippen molar-refractivity contribution in [1.82, 2.24) is 4.90 Å². The molecule has 0 unspecified atom stereocenters. The molecular weight excluding hydrogens is 1270 g/mol. The van der Waals surface area contributed by atoms with Crippen LogP contribution in [0, 0.1) is 38.5 Å². The SMILES string of the molecule is COc1c(C=O)ccc2c1OC(C)(C)C=C2.COc1c(CN(C(=O)C2CC2)c2ccc(C)cc2)ccc2c1OC(C)(C)C=C2.COc1c(CN(C(=O)C2CC2)c2cccc(C)c2)ccc2c1OC(C)(C)C=C2.COc1c(CN(Cc2ccc(C)cc2)C(=O)C2CC2)ccc2c1OC(C)(C)C=C2. The molecule has 3 aliphatic carbocycles. The number of aldehydes is 1. The fourth-order valence-electron chi connectivity index (χ4n) is 12.6. The molecule has 0 atom stereocenters. The molecule has 101 heavy (non-hydrogen) atoms. The predicted molar refractivity (Wildman–Crippen MR) is 401 cm³/mol. The number of rotatable bonds is 18. The number of ether oxygens (including phenoxy) is 8. The summed E-state index contributed by atoms with van der Waals surface area (Å²) in [5, 5.41) is 0. The summed E-state index contributed by atoms with van der Waals surface area (Å²) in [5.74, 6) is 6.57. The summed E-state index contributed by atoms with van der Waals surface area (Å²) in [4.78, 5) is 55.7. The molecule has 0 N–H and O–H groups in total. The topological polar surface area (TPSA) is 152 Å². The summed E-state index contributed by atoms with van der Waals surface area (Å²) in [7, 11) is 6.53. The van der Waals surface area contributed by atoms with E-state index in [0.29, 0.717) is 54.7 Å². The molecule has 4 aliphatic heterocycles. The lowest BCUT2D eigenvalue weighted by Gasteiger charge is -2.31. The Morgan fingerprint density at radius 3 is 1.14 bits per heavy atom. The smallest absolute Gasteiger partial charge is 0.230 e. The zero-order chi connectivity index (χ0) is 72.1. The average Bonchev–Trinajstić information content (AvgIpc) is 1.76. The quantitative estimate of drug-likeness (QED) is 0.0752. The number of hydrogen-bond acceptors (Lipinski definition) is 12. The van der Waals surface area contributed by atoms with Crippen LogP contribution >= 0.6 is 0 Å². The normalized spacial score (nSPS) is 16.7. The van der Waals surface area contributed by atoms with Crippen LogP contribution in [0.2, 0.25) is 0 Å². The number of hydrogen-bond donors (Lipinski definition) is 0. The lowest BCUT2D eigenvalue weighted by Crippen LogP contribution is -2.32. The third-order valence-corrected chi connectivity index (χ3v) is 18.7. The monoisotopic (exact) mass is 1360 g/mol. The molecule has 0 bridgehead atoms. The van der Waals surface area contributed by atoms with Gasteiger partial charge in [-0.25, -0.2) is 0 Å². The summed E-state index contributed by atoms with van der Waals surface area (Å²) in [6, 6.07) is 40.4. The number of methoxy groups -OCH3 is 4. The average molecular weight is 1360 g/mol. The first-order chi connectivity index (χ1) is 48.2. The van der Waals surface area contributed by atoms with Gasteiger partial charge in [0.05, 0.1) is 47.1 Å². The maximum Gasteiger partial charge on any atom is 0.230 e. The first kappa shape index (κ1) is 72.2. The van der Waals surface area contributed by atoms with E-state index in [9.17, 15) is 19.2 Å².